The molecule has 3 aromatic rings. The third-order valence-electron chi connectivity index (χ3n) is 3.77. The van der Waals surface area contributed by atoms with Gasteiger partial charge in [-0.05, 0) is 29.1 Å². The molecule has 0 aliphatic heterocycles. The molecule has 3 rings (SSSR count). The lowest BCUT2D eigenvalue weighted by molar-refractivity contribution is 0.0762. The molecule has 6 heteroatoms. The summed E-state index contributed by atoms with van der Waals surface area (Å²) in [5, 5.41) is 1.88. The molecule has 25 heavy (non-hydrogen) atoms. The molecule has 0 saturated carbocycles. The van der Waals surface area contributed by atoms with E-state index in [0.29, 0.717) is 24.5 Å². The predicted octanol–water partition coefficient (Wildman–Crippen LogP) is 3.96. The van der Waals surface area contributed by atoms with E-state index in [1.54, 1.807) is 29.3 Å². The lowest BCUT2D eigenvalue weighted by Crippen LogP contribution is -2.31. The first-order chi connectivity index (χ1) is 12.2. The van der Waals surface area contributed by atoms with E-state index in [-0.39, 0.29) is 11.7 Å². The highest BCUT2D eigenvalue weighted by Gasteiger charge is 2.18. The Bertz CT molecular complexity index is 840. The van der Waals surface area contributed by atoms with Crippen LogP contribution in [0.5, 0.6) is 0 Å². The van der Waals surface area contributed by atoms with E-state index in [4.69, 9.17) is 0 Å². The van der Waals surface area contributed by atoms with Gasteiger partial charge in [-0.1, -0.05) is 24.3 Å². The highest BCUT2D eigenvalue weighted by Crippen LogP contribution is 2.15. The molecule has 4 nitrogen and oxygen atoms in total. The maximum atomic E-state index is 13.1. The maximum absolute atomic E-state index is 13.1. The number of amides is 1. The smallest absolute Gasteiger partial charge is 0.264 e. The van der Waals surface area contributed by atoms with Gasteiger partial charge in [-0.2, -0.15) is 0 Å². The molecule has 2 heterocycles. The monoisotopic (exact) mass is 355 g/mol. The van der Waals surface area contributed by atoms with Crippen molar-refractivity contribution in [2.75, 3.05) is 6.54 Å². The number of aromatic nitrogens is 2. The fourth-order valence-electron chi connectivity index (χ4n) is 2.52. The van der Waals surface area contributed by atoms with Crippen LogP contribution in [0.25, 0.3) is 0 Å². The van der Waals surface area contributed by atoms with E-state index in [0.717, 1.165) is 11.4 Å². The Balaban J connectivity index is 1.77. The summed E-state index contributed by atoms with van der Waals surface area (Å²) >= 11 is 1.42. The van der Waals surface area contributed by atoms with Crippen molar-refractivity contribution in [2.45, 2.75) is 13.1 Å². The molecule has 0 unspecified atom stereocenters. The zero-order chi connectivity index (χ0) is 17.6. The van der Waals surface area contributed by atoms with Crippen molar-refractivity contribution in [3.8, 4) is 0 Å². The molecule has 0 radical (unpaired) electrons. The summed E-state index contributed by atoms with van der Waals surface area (Å²) in [5.74, 6) is 0.482. The number of carbonyl (C=O) groups excluding carboxylic acids is 1. The zero-order valence-electron chi connectivity index (χ0n) is 13.6. The fourth-order valence-corrected chi connectivity index (χ4v) is 3.21. The Morgan fingerprint density at radius 3 is 2.80 bits per heavy atom. The third kappa shape index (κ3) is 4.22. The second kappa shape index (κ2) is 7.90. The van der Waals surface area contributed by atoms with Crippen LogP contribution in [0.3, 0.4) is 0 Å². The zero-order valence-corrected chi connectivity index (χ0v) is 14.5. The first kappa shape index (κ1) is 17.1. The molecule has 1 aromatic carbocycles. The number of nitrogens with zero attached hydrogens (tertiary/aromatic N) is 3. The summed E-state index contributed by atoms with van der Waals surface area (Å²) in [6, 6.07) is 10.1. The minimum Gasteiger partial charge on any atom is -0.329 e. The SMILES string of the molecule is C=CCN(Cc1nccn1Cc1ccc(F)cc1)C(=O)c1cccs1. The number of imidazole rings is 1. The lowest BCUT2D eigenvalue weighted by Gasteiger charge is -2.21. The van der Waals surface area contributed by atoms with Crippen molar-refractivity contribution in [1.29, 1.82) is 0 Å². The normalized spacial score (nSPS) is 10.6. The number of hydrogen-bond acceptors (Lipinski definition) is 3. The molecule has 0 fully saturated rings. The Labute approximate surface area is 149 Å². The number of halogens is 1. The highest BCUT2D eigenvalue weighted by atomic mass is 32.1. The molecule has 1 amide bonds. The van der Waals surface area contributed by atoms with Gasteiger partial charge in [0.25, 0.3) is 5.91 Å². The largest absolute Gasteiger partial charge is 0.329 e. The van der Waals surface area contributed by atoms with Gasteiger partial charge >= 0.3 is 0 Å². The van der Waals surface area contributed by atoms with Crippen LogP contribution in [-0.4, -0.2) is 26.9 Å². The van der Waals surface area contributed by atoms with Gasteiger partial charge in [0.1, 0.15) is 11.6 Å². The quantitative estimate of drug-likeness (QED) is 0.602. The van der Waals surface area contributed by atoms with Gasteiger partial charge in [-0.15, -0.1) is 17.9 Å². The predicted molar refractivity (Wildman–Crippen MR) is 97.0 cm³/mol. The molecule has 0 N–H and O–H groups in total. The van der Waals surface area contributed by atoms with E-state index < -0.39 is 0 Å². The van der Waals surface area contributed by atoms with Crippen LogP contribution >= 0.6 is 11.3 Å². The number of benzene rings is 1. The second-order valence-corrected chi connectivity index (χ2v) is 6.50. The van der Waals surface area contributed by atoms with E-state index in [1.807, 2.05) is 28.3 Å². The molecule has 0 saturated heterocycles. The summed E-state index contributed by atoms with van der Waals surface area (Å²) in [4.78, 5) is 19.4. The van der Waals surface area contributed by atoms with Crippen LogP contribution in [0.4, 0.5) is 4.39 Å². The van der Waals surface area contributed by atoms with Crippen LogP contribution in [0.15, 0.2) is 66.8 Å². The molecule has 2 aromatic heterocycles. The van der Waals surface area contributed by atoms with Gasteiger partial charge in [0.15, 0.2) is 0 Å². The summed E-state index contributed by atoms with van der Waals surface area (Å²) in [6.45, 7) is 5.14. The molecule has 0 atom stereocenters. The van der Waals surface area contributed by atoms with Crippen molar-refractivity contribution in [3.63, 3.8) is 0 Å². The Morgan fingerprint density at radius 1 is 1.32 bits per heavy atom. The van der Waals surface area contributed by atoms with Crippen molar-refractivity contribution in [1.82, 2.24) is 14.5 Å². The van der Waals surface area contributed by atoms with Gasteiger partial charge < -0.3 is 9.47 Å². The van der Waals surface area contributed by atoms with Crippen LogP contribution in [0, 0.1) is 5.82 Å². The maximum Gasteiger partial charge on any atom is 0.264 e. The van der Waals surface area contributed by atoms with Crippen LogP contribution in [0.2, 0.25) is 0 Å². The first-order valence-corrected chi connectivity index (χ1v) is 8.73. The van der Waals surface area contributed by atoms with Gasteiger partial charge in [0.2, 0.25) is 0 Å². The number of carbonyl (C=O) groups is 1. The van der Waals surface area contributed by atoms with E-state index >= 15 is 0 Å². The van der Waals surface area contributed by atoms with E-state index in [1.165, 1.54) is 23.5 Å². The lowest BCUT2D eigenvalue weighted by atomic mass is 10.2. The van der Waals surface area contributed by atoms with Crippen molar-refractivity contribution >= 4 is 17.2 Å². The average molecular weight is 355 g/mol. The second-order valence-electron chi connectivity index (χ2n) is 5.55. The minimum absolute atomic E-state index is 0.0359. The molecule has 0 aliphatic carbocycles. The van der Waals surface area contributed by atoms with Crippen molar-refractivity contribution in [3.05, 3.63) is 88.9 Å². The number of thiophene rings is 1. The Kier molecular flexibility index (Phi) is 5.40. The summed E-state index contributed by atoms with van der Waals surface area (Å²) in [5.41, 5.74) is 0.973. The minimum atomic E-state index is -0.256. The number of rotatable bonds is 7. The van der Waals surface area contributed by atoms with Gasteiger partial charge in [-0.25, -0.2) is 9.37 Å². The molecule has 0 aliphatic rings. The molecular formula is C19H18FN3OS. The summed E-state index contributed by atoms with van der Waals surface area (Å²) in [6.07, 6.45) is 5.28. The topological polar surface area (TPSA) is 38.1 Å². The van der Waals surface area contributed by atoms with Crippen molar-refractivity contribution in [2.24, 2.45) is 0 Å². The van der Waals surface area contributed by atoms with Gasteiger partial charge in [0, 0.05) is 25.5 Å². The molecular weight excluding hydrogens is 337 g/mol. The third-order valence-corrected chi connectivity index (χ3v) is 4.63. The first-order valence-electron chi connectivity index (χ1n) is 7.85. The number of hydrogen-bond donors (Lipinski definition) is 0. The summed E-state index contributed by atoms with van der Waals surface area (Å²) in [7, 11) is 0. The van der Waals surface area contributed by atoms with E-state index in [9.17, 15) is 9.18 Å². The average Bonchev–Trinajstić information content (AvgIpc) is 3.28. The molecule has 128 valence electrons. The van der Waals surface area contributed by atoms with Gasteiger partial charge in [-0.3, -0.25) is 4.79 Å². The van der Waals surface area contributed by atoms with E-state index in [2.05, 4.69) is 11.6 Å². The molecule has 0 bridgehead atoms. The summed E-state index contributed by atoms with van der Waals surface area (Å²) < 4.78 is 15.0. The van der Waals surface area contributed by atoms with Crippen molar-refractivity contribution < 1.29 is 9.18 Å². The standard InChI is InChI=1S/C19H18FN3OS/c1-2-10-23(19(24)17-4-3-12-25-17)14-18-21-9-11-22(18)13-15-5-7-16(20)8-6-15/h2-9,11-12H,1,10,13-14H2. The Morgan fingerprint density at radius 2 is 2.12 bits per heavy atom. The van der Waals surface area contributed by atoms with Crippen LogP contribution < -0.4 is 0 Å². The van der Waals surface area contributed by atoms with Gasteiger partial charge in [0.05, 0.1) is 11.4 Å². The fraction of sp³-hybridized carbons (Fsp3) is 0.158. The molecule has 0 spiro atoms. The Hall–Kier alpha value is -2.73. The van der Waals surface area contributed by atoms with Crippen LogP contribution in [-0.2, 0) is 13.1 Å². The van der Waals surface area contributed by atoms with Crippen LogP contribution in [0.1, 0.15) is 21.1 Å². The highest BCUT2D eigenvalue weighted by molar-refractivity contribution is 7.12.